The Morgan fingerprint density at radius 3 is 2.85 bits per heavy atom. The summed E-state index contributed by atoms with van der Waals surface area (Å²) in [7, 11) is 3.20. The van der Waals surface area contributed by atoms with Gasteiger partial charge in [-0.25, -0.2) is 4.79 Å². The van der Waals surface area contributed by atoms with E-state index < -0.39 is 0 Å². The number of amides is 2. The number of aromatic nitrogens is 2. The molecule has 8 heteroatoms. The standard InChI is InChI=1S/C18H17ClN4O3/c1-23(18(24)20-12-6-5-7-13(10-12)25-2)11-16-21-17(22-26-16)14-8-3-4-9-15(14)19/h3-10H,11H2,1-2H3,(H,20,24). The Balaban J connectivity index is 1.65. The van der Waals surface area contributed by atoms with Crippen LogP contribution in [-0.2, 0) is 6.54 Å². The first-order valence-corrected chi connectivity index (χ1v) is 8.18. The Morgan fingerprint density at radius 1 is 1.27 bits per heavy atom. The van der Waals surface area contributed by atoms with Crippen molar-refractivity contribution in [1.29, 1.82) is 0 Å². The molecule has 26 heavy (non-hydrogen) atoms. The van der Waals surface area contributed by atoms with Gasteiger partial charge in [0.05, 0.1) is 12.1 Å². The molecule has 7 nitrogen and oxygen atoms in total. The Bertz CT molecular complexity index is 913. The molecule has 0 spiro atoms. The summed E-state index contributed by atoms with van der Waals surface area (Å²) in [6.45, 7) is 0.160. The van der Waals surface area contributed by atoms with Crippen molar-refractivity contribution in [3.8, 4) is 17.1 Å². The largest absolute Gasteiger partial charge is 0.497 e. The molecular weight excluding hydrogens is 356 g/mol. The van der Waals surface area contributed by atoms with Crippen LogP contribution in [0, 0.1) is 0 Å². The highest BCUT2D eigenvalue weighted by atomic mass is 35.5. The zero-order valence-corrected chi connectivity index (χ0v) is 15.0. The van der Waals surface area contributed by atoms with E-state index in [0.717, 1.165) is 0 Å². The van der Waals surface area contributed by atoms with Crippen molar-refractivity contribution in [3.05, 3.63) is 59.4 Å². The maximum atomic E-state index is 12.3. The molecular formula is C18H17ClN4O3. The van der Waals surface area contributed by atoms with Crippen molar-refractivity contribution in [3.63, 3.8) is 0 Å². The van der Waals surface area contributed by atoms with Gasteiger partial charge in [0.25, 0.3) is 0 Å². The van der Waals surface area contributed by atoms with Gasteiger partial charge in [0.1, 0.15) is 12.3 Å². The Hall–Kier alpha value is -3.06. The smallest absolute Gasteiger partial charge is 0.322 e. The minimum Gasteiger partial charge on any atom is -0.497 e. The van der Waals surface area contributed by atoms with Crippen molar-refractivity contribution < 1.29 is 14.1 Å². The third-order valence-corrected chi connectivity index (χ3v) is 3.95. The topological polar surface area (TPSA) is 80.5 Å². The monoisotopic (exact) mass is 372 g/mol. The predicted molar refractivity (Wildman–Crippen MR) is 98.2 cm³/mol. The fourth-order valence-electron chi connectivity index (χ4n) is 2.27. The number of ether oxygens (including phenoxy) is 1. The number of carbonyl (C=O) groups excluding carboxylic acids is 1. The van der Waals surface area contributed by atoms with Gasteiger partial charge in [0.2, 0.25) is 11.7 Å². The minimum atomic E-state index is -0.309. The quantitative estimate of drug-likeness (QED) is 0.730. The fourth-order valence-corrected chi connectivity index (χ4v) is 2.49. The second-order valence-corrected chi connectivity index (χ2v) is 5.92. The Labute approximate surface area is 155 Å². The average Bonchev–Trinajstić information content (AvgIpc) is 3.10. The van der Waals surface area contributed by atoms with E-state index >= 15 is 0 Å². The maximum Gasteiger partial charge on any atom is 0.322 e. The van der Waals surface area contributed by atoms with Crippen LogP contribution < -0.4 is 10.1 Å². The van der Waals surface area contributed by atoms with Crippen molar-refractivity contribution in [2.75, 3.05) is 19.5 Å². The van der Waals surface area contributed by atoms with Crippen molar-refractivity contribution >= 4 is 23.3 Å². The summed E-state index contributed by atoms with van der Waals surface area (Å²) in [6.07, 6.45) is 0. The van der Waals surface area contributed by atoms with Crippen LogP contribution in [0.15, 0.2) is 53.1 Å². The lowest BCUT2D eigenvalue weighted by Gasteiger charge is -2.16. The lowest BCUT2D eigenvalue weighted by Crippen LogP contribution is -2.30. The highest BCUT2D eigenvalue weighted by molar-refractivity contribution is 6.33. The number of methoxy groups -OCH3 is 1. The average molecular weight is 373 g/mol. The fraction of sp³-hybridized carbons (Fsp3) is 0.167. The molecule has 0 aliphatic carbocycles. The molecule has 0 bridgehead atoms. The van der Waals surface area contributed by atoms with E-state index in [-0.39, 0.29) is 12.6 Å². The molecule has 0 aliphatic heterocycles. The van der Waals surface area contributed by atoms with Gasteiger partial charge in [-0.15, -0.1) is 0 Å². The molecule has 1 aromatic heterocycles. The second-order valence-electron chi connectivity index (χ2n) is 5.51. The van der Waals surface area contributed by atoms with E-state index in [2.05, 4.69) is 15.5 Å². The number of anilines is 1. The molecule has 3 aromatic rings. The summed E-state index contributed by atoms with van der Waals surface area (Å²) < 4.78 is 10.4. The van der Waals surface area contributed by atoms with Gasteiger partial charge >= 0.3 is 6.03 Å². The number of nitrogens with one attached hydrogen (secondary N) is 1. The molecule has 1 N–H and O–H groups in total. The minimum absolute atomic E-state index is 0.160. The molecule has 0 aliphatic rings. The van der Waals surface area contributed by atoms with Crippen LogP contribution >= 0.6 is 11.6 Å². The van der Waals surface area contributed by atoms with Crippen LogP contribution in [0.25, 0.3) is 11.4 Å². The number of nitrogens with zero attached hydrogens (tertiary/aromatic N) is 3. The zero-order chi connectivity index (χ0) is 18.5. The van der Waals surface area contributed by atoms with Crippen molar-refractivity contribution in [1.82, 2.24) is 15.0 Å². The first-order valence-electron chi connectivity index (χ1n) is 7.80. The maximum absolute atomic E-state index is 12.3. The Morgan fingerprint density at radius 2 is 2.08 bits per heavy atom. The normalized spacial score (nSPS) is 10.4. The van der Waals surface area contributed by atoms with Crippen molar-refractivity contribution in [2.24, 2.45) is 0 Å². The van der Waals surface area contributed by atoms with Crippen LogP contribution in [0.3, 0.4) is 0 Å². The summed E-state index contributed by atoms with van der Waals surface area (Å²) in [5.41, 5.74) is 1.30. The van der Waals surface area contributed by atoms with Crippen LogP contribution in [0.5, 0.6) is 5.75 Å². The molecule has 2 amide bonds. The lowest BCUT2D eigenvalue weighted by molar-refractivity contribution is 0.213. The van der Waals surface area contributed by atoms with Crippen molar-refractivity contribution in [2.45, 2.75) is 6.54 Å². The molecule has 0 fully saturated rings. The summed E-state index contributed by atoms with van der Waals surface area (Å²) in [5, 5.41) is 7.23. The van der Waals surface area contributed by atoms with Gasteiger partial charge in [-0.1, -0.05) is 35.0 Å². The third-order valence-electron chi connectivity index (χ3n) is 3.62. The summed E-state index contributed by atoms with van der Waals surface area (Å²) in [6, 6.07) is 14.0. The molecule has 0 saturated carbocycles. The number of halogens is 1. The SMILES string of the molecule is COc1cccc(NC(=O)N(C)Cc2nc(-c3ccccc3Cl)no2)c1. The highest BCUT2D eigenvalue weighted by Gasteiger charge is 2.16. The first-order chi connectivity index (χ1) is 12.6. The van der Waals surface area contributed by atoms with E-state index in [4.69, 9.17) is 20.9 Å². The van der Waals surface area contributed by atoms with Gasteiger partial charge < -0.3 is 19.5 Å². The van der Waals surface area contributed by atoms with Gasteiger partial charge in [0.15, 0.2) is 0 Å². The van der Waals surface area contributed by atoms with E-state index in [0.29, 0.717) is 33.7 Å². The van der Waals surface area contributed by atoms with Gasteiger partial charge in [0, 0.05) is 24.4 Å². The predicted octanol–water partition coefficient (Wildman–Crippen LogP) is 4.06. The van der Waals surface area contributed by atoms with Gasteiger partial charge in [-0.2, -0.15) is 4.98 Å². The van der Waals surface area contributed by atoms with Crippen LogP contribution in [-0.4, -0.2) is 35.2 Å². The summed E-state index contributed by atoms with van der Waals surface area (Å²) in [4.78, 5) is 18.0. The summed E-state index contributed by atoms with van der Waals surface area (Å²) in [5.74, 6) is 1.35. The van der Waals surface area contributed by atoms with Gasteiger partial charge in [-0.3, -0.25) is 0 Å². The number of rotatable bonds is 5. The Kier molecular flexibility index (Phi) is 5.38. The molecule has 0 radical (unpaired) electrons. The molecule has 1 heterocycles. The molecule has 134 valence electrons. The highest BCUT2D eigenvalue weighted by Crippen LogP contribution is 2.25. The number of carbonyl (C=O) groups is 1. The second kappa shape index (κ2) is 7.88. The number of hydrogen-bond donors (Lipinski definition) is 1. The van der Waals surface area contributed by atoms with Crippen LogP contribution in [0.2, 0.25) is 5.02 Å². The number of benzene rings is 2. The van der Waals surface area contributed by atoms with Gasteiger partial charge in [-0.05, 0) is 24.3 Å². The molecule has 3 rings (SSSR count). The number of hydrogen-bond acceptors (Lipinski definition) is 5. The van der Waals surface area contributed by atoms with E-state index in [1.165, 1.54) is 4.90 Å². The number of urea groups is 1. The summed E-state index contributed by atoms with van der Waals surface area (Å²) >= 11 is 6.13. The lowest BCUT2D eigenvalue weighted by atomic mass is 10.2. The van der Waals surface area contributed by atoms with Crippen LogP contribution in [0.1, 0.15) is 5.89 Å². The van der Waals surface area contributed by atoms with E-state index in [9.17, 15) is 4.79 Å². The first kappa shape index (κ1) is 17.8. The van der Waals surface area contributed by atoms with E-state index in [1.807, 2.05) is 12.1 Å². The molecule has 0 atom stereocenters. The molecule has 0 saturated heterocycles. The molecule has 2 aromatic carbocycles. The third kappa shape index (κ3) is 4.12. The van der Waals surface area contributed by atoms with E-state index in [1.54, 1.807) is 50.6 Å². The zero-order valence-electron chi connectivity index (χ0n) is 14.3. The molecule has 0 unspecified atom stereocenters. The van der Waals surface area contributed by atoms with Crippen LogP contribution in [0.4, 0.5) is 10.5 Å².